The van der Waals surface area contributed by atoms with E-state index < -0.39 is 0 Å². The van der Waals surface area contributed by atoms with Gasteiger partial charge >= 0.3 is 0 Å². The average Bonchev–Trinajstić information content (AvgIpc) is 3.27. The molecular formula is C18H16ClN7OS2. The number of fused-ring (bicyclic) bond motifs is 1. The van der Waals surface area contributed by atoms with E-state index in [1.807, 2.05) is 30.5 Å². The van der Waals surface area contributed by atoms with Crippen molar-refractivity contribution in [2.45, 2.75) is 18.0 Å². The Balaban J connectivity index is 1.32. The summed E-state index contributed by atoms with van der Waals surface area (Å²) in [6.07, 6.45) is 4.94. The van der Waals surface area contributed by atoms with Crippen LogP contribution in [0.3, 0.4) is 0 Å². The van der Waals surface area contributed by atoms with Gasteiger partial charge < -0.3 is 11.2 Å². The molecule has 3 N–H and O–H groups in total. The molecule has 29 heavy (non-hydrogen) atoms. The van der Waals surface area contributed by atoms with Gasteiger partial charge in [0, 0.05) is 23.8 Å². The molecular weight excluding hydrogens is 430 g/mol. The number of rotatable bonds is 7. The van der Waals surface area contributed by atoms with Gasteiger partial charge in [0.05, 0.1) is 16.0 Å². The fourth-order valence-electron chi connectivity index (χ4n) is 2.62. The van der Waals surface area contributed by atoms with Crippen molar-refractivity contribution in [1.82, 2.24) is 24.8 Å². The Morgan fingerprint density at radius 2 is 2.17 bits per heavy atom. The van der Waals surface area contributed by atoms with Gasteiger partial charge in [-0.25, -0.2) is 9.66 Å². The second-order valence-electron chi connectivity index (χ2n) is 6.10. The lowest BCUT2D eigenvalue weighted by Gasteiger charge is -2.04. The Morgan fingerprint density at radius 3 is 3.00 bits per heavy atom. The molecule has 0 fully saturated rings. The van der Waals surface area contributed by atoms with Crippen LogP contribution in [0.1, 0.15) is 11.4 Å². The lowest BCUT2D eigenvalue weighted by molar-refractivity contribution is -0.113. The maximum atomic E-state index is 12.3. The molecule has 0 radical (unpaired) electrons. The number of halogens is 1. The number of hydrogen-bond donors (Lipinski definition) is 2. The number of nitrogens with zero attached hydrogens (tertiary/aromatic N) is 5. The zero-order valence-electron chi connectivity index (χ0n) is 15.1. The van der Waals surface area contributed by atoms with E-state index >= 15 is 0 Å². The summed E-state index contributed by atoms with van der Waals surface area (Å²) in [5.41, 5.74) is 1.89. The minimum absolute atomic E-state index is 0.147. The third-order valence-electron chi connectivity index (χ3n) is 4.02. The second-order valence-corrected chi connectivity index (χ2v) is 8.51. The summed E-state index contributed by atoms with van der Waals surface area (Å²) in [4.78, 5) is 20.7. The van der Waals surface area contributed by atoms with E-state index in [1.54, 1.807) is 12.3 Å². The van der Waals surface area contributed by atoms with Crippen molar-refractivity contribution in [2.75, 3.05) is 16.9 Å². The first-order chi connectivity index (χ1) is 14.1. The van der Waals surface area contributed by atoms with Crippen LogP contribution >= 0.6 is 34.7 Å². The molecule has 0 atom stereocenters. The molecule has 8 nitrogen and oxygen atoms in total. The molecule has 0 aliphatic carbocycles. The van der Waals surface area contributed by atoms with Gasteiger partial charge in [-0.1, -0.05) is 40.8 Å². The number of carbonyl (C=O) groups is 1. The third-order valence-corrected chi connectivity index (χ3v) is 6.14. The van der Waals surface area contributed by atoms with Gasteiger partial charge in [-0.3, -0.25) is 9.78 Å². The fraction of sp³-hybridized carbons (Fsp3) is 0.167. The highest BCUT2D eigenvalue weighted by atomic mass is 35.5. The van der Waals surface area contributed by atoms with Crippen molar-refractivity contribution >= 4 is 56.0 Å². The topological polar surface area (TPSA) is 112 Å². The second kappa shape index (κ2) is 8.76. The number of anilines is 1. The van der Waals surface area contributed by atoms with Crippen LogP contribution in [0.15, 0.2) is 47.9 Å². The van der Waals surface area contributed by atoms with Gasteiger partial charge in [-0.05, 0) is 36.2 Å². The zero-order valence-corrected chi connectivity index (χ0v) is 17.5. The third kappa shape index (κ3) is 4.84. The molecule has 0 saturated heterocycles. The minimum Gasteiger partial charge on any atom is -0.336 e. The number of benzene rings is 1. The molecule has 4 rings (SSSR count). The van der Waals surface area contributed by atoms with Crippen LogP contribution < -0.4 is 11.2 Å². The van der Waals surface area contributed by atoms with Crippen LogP contribution in [0.5, 0.6) is 0 Å². The van der Waals surface area contributed by atoms with Crippen molar-refractivity contribution in [3.05, 3.63) is 59.1 Å². The number of nitrogens with one attached hydrogen (secondary N) is 1. The Bertz CT molecular complexity index is 1150. The minimum atomic E-state index is -0.194. The largest absolute Gasteiger partial charge is 0.336 e. The Labute approximate surface area is 179 Å². The van der Waals surface area contributed by atoms with Crippen molar-refractivity contribution in [1.29, 1.82) is 0 Å². The van der Waals surface area contributed by atoms with Crippen molar-refractivity contribution in [2.24, 2.45) is 0 Å². The van der Waals surface area contributed by atoms with E-state index in [9.17, 15) is 4.79 Å². The number of amides is 1. The van der Waals surface area contributed by atoms with Gasteiger partial charge in [0.15, 0.2) is 11.0 Å². The number of pyridine rings is 1. The lowest BCUT2D eigenvalue weighted by atomic mass is 10.1. The Kier molecular flexibility index (Phi) is 5.93. The fourth-order valence-corrected chi connectivity index (χ4v) is 4.45. The lowest BCUT2D eigenvalue weighted by Crippen LogP contribution is -2.17. The van der Waals surface area contributed by atoms with Crippen molar-refractivity contribution in [3.8, 4) is 0 Å². The number of thioether (sulfide) groups is 1. The summed E-state index contributed by atoms with van der Waals surface area (Å²) in [7, 11) is 0. The first kappa shape index (κ1) is 19.6. The molecule has 0 aliphatic rings. The molecule has 4 aromatic rings. The number of nitrogens with two attached hydrogens (primary N) is 1. The summed E-state index contributed by atoms with van der Waals surface area (Å²) >= 11 is 8.58. The van der Waals surface area contributed by atoms with E-state index in [4.69, 9.17) is 17.4 Å². The molecule has 0 unspecified atom stereocenters. The summed E-state index contributed by atoms with van der Waals surface area (Å²) in [6, 6.07) is 9.30. The highest BCUT2D eigenvalue weighted by Gasteiger charge is 2.14. The van der Waals surface area contributed by atoms with Gasteiger partial charge in [0.25, 0.3) is 0 Å². The SMILES string of the molecule is Nn1c(CCc2cccnc2)nnc1SCC(=O)Nc1nc2ccc(Cl)cc2s1. The molecule has 1 aromatic carbocycles. The van der Waals surface area contributed by atoms with Crippen molar-refractivity contribution < 1.29 is 4.79 Å². The number of aryl methyl sites for hydroxylation is 2. The molecule has 148 valence electrons. The molecule has 3 aromatic heterocycles. The molecule has 0 aliphatic heterocycles. The summed E-state index contributed by atoms with van der Waals surface area (Å²) in [5.74, 6) is 6.68. The van der Waals surface area contributed by atoms with E-state index in [0.717, 1.165) is 22.2 Å². The van der Waals surface area contributed by atoms with Gasteiger partial charge in [-0.2, -0.15) is 0 Å². The average molecular weight is 446 g/mol. The molecule has 0 bridgehead atoms. The van der Waals surface area contributed by atoms with E-state index in [2.05, 4.69) is 25.5 Å². The normalized spacial score (nSPS) is 11.1. The predicted octanol–water partition coefficient (Wildman–Crippen LogP) is 3.17. The Hall–Kier alpha value is -2.69. The van der Waals surface area contributed by atoms with Crippen LogP contribution in [-0.2, 0) is 17.6 Å². The van der Waals surface area contributed by atoms with E-state index in [-0.39, 0.29) is 11.7 Å². The van der Waals surface area contributed by atoms with Gasteiger partial charge in [-0.15, -0.1) is 10.2 Å². The predicted molar refractivity (Wildman–Crippen MR) is 116 cm³/mol. The maximum Gasteiger partial charge on any atom is 0.236 e. The quantitative estimate of drug-likeness (QED) is 0.332. The standard InChI is InChI=1S/C18H16ClN7OS2/c19-12-4-5-13-14(8-12)29-17(22-13)23-16(27)10-28-18-25-24-15(26(18)20)6-3-11-2-1-7-21-9-11/h1-2,4-5,7-9H,3,6,10,20H2,(H,22,23,27). The highest BCUT2D eigenvalue weighted by Crippen LogP contribution is 2.28. The van der Waals surface area contributed by atoms with Crippen LogP contribution in [0, 0.1) is 0 Å². The highest BCUT2D eigenvalue weighted by molar-refractivity contribution is 7.99. The smallest absolute Gasteiger partial charge is 0.236 e. The molecule has 11 heteroatoms. The number of aromatic nitrogens is 5. The zero-order chi connectivity index (χ0) is 20.2. The first-order valence-electron chi connectivity index (χ1n) is 8.65. The molecule has 3 heterocycles. The van der Waals surface area contributed by atoms with E-state index in [1.165, 1.54) is 27.8 Å². The Morgan fingerprint density at radius 1 is 1.28 bits per heavy atom. The molecule has 0 spiro atoms. The number of hydrogen-bond acceptors (Lipinski definition) is 8. The monoisotopic (exact) mass is 445 g/mol. The van der Waals surface area contributed by atoms with Gasteiger partial charge in [0.2, 0.25) is 11.1 Å². The van der Waals surface area contributed by atoms with Crippen LogP contribution in [0.2, 0.25) is 5.02 Å². The number of carbonyl (C=O) groups excluding carboxylic acids is 1. The summed E-state index contributed by atoms with van der Waals surface area (Å²) in [6.45, 7) is 0. The maximum absolute atomic E-state index is 12.3. The van der Waals surface area contributed by atoms with Crippen LogP contribution in [-0.4, -0.2) is 36.5 Å². The first-order valence-corrected chi connectivity index (χ1v) is 10.8. The summed E-state index contributed by atoms with van der Waals surface area (Å²) < 4.78 is 2.34. The van der Waals surface area contributed by atoms with Gasteiger partial charge in [0.1, 0.15) is 0 Å². The summed E-state index contributed by atoms with van der Waals surface area (Å²) in [5, 5.41) is 12.6. The van der Waals surface area contributed by atoms with Crippen LogP contribution in [0.25, 0.3) is 10.2 Å². The number of thiazole rings is 1. The van der Waals surface area contributed by atoms with Crippen LogP contribution in [0.4, 0.5) is 5.13 Å². The van der Waals surface area contributed by atoms with E-state index in [0.29, 0.717) is 27.6 Å². The number of nitrogen functional groups attached to an aromatic ring is 1. The molecule has 0 saturated carbocycles. The van der Waals surface area contributed by atoms with Crippen molar-refractivity contribution in [3.63, 3.8) is 0 Å². The molecule has 1 amide bonds.